The number of nitrogens with zero attached hydrogens (tertiary/aromatic N) is 3. The number of hydrogen-bond donors (Lipinski definition) is 1. The van der Waals surface area contributed by atoms with Crippen molar-refractivity contribution in [2.24, 2.45) is 5.73 Å². The molecule has 0 spiro atoms. The number of carbonyl (C=O) groups is 2. The number of halogens is 2. The lowest BCUT2D eigenvalue weighted by molar-refractivity contribution is 0.0200. The van der Waals surface area contributed by atoms with Gasteiger partial charge in [0.25, 0.3) is 5.91 Å². The SMILES string of the molecule is CC(C)(C)OC(=O)N1CN(c2nc(Cl)c(C(N)=O)cc2F)C2CCCCC21. The van der Waals surface area contributed by atoms with E-state index in [1.165, 1.54) is 0 Å². The van der Waals surface area contributed by atoms with Crippen LogP contribution in [0.4, 0.5) is 15.0 Å². The van der Waals surface area contributed by atoms with Crippen molar-refractivity contribution in [1.29, 1.82) is 0 Å². The zero-order valence-electron chi connectivity index (χ0n) is 15.7. The van der Waals surface area contributed by atoms with E-state index in [4.69, 9.17) is 22.1 Å². The maximum absolute atomic E-state index is 14.7. The molecule has 1 aliphatic heterocycles. The van der Waals surface area contributed by atoms with Crippen LogP contribution in [0, 0.1) is 5.82 Å². The number of aromatic nitrogens is 1. The molecule has 2 aliphatic rings. The van der Waals surface area contributed by atoms with E-state index in [1.54, 1.807) is 30.6 Å². The first-order chi connectivity index (χ1) is 12.6. The largest absolute Gasteiger partial charge is 0.444 e. The number of carbonyl (C=O) groups excluding carboxylic acids is 2. The highest BCUT2D eigenvalue weighted by atomic mass is 35.5. The quantitative estimate of drug-likeness (QED) is 0.772. The molecule has 1 aromatic heterocycles. The third kappa shape index (κ3) is 3.95. The summed E-state index contributed by atoms with van der Waals surface area (Å²) in [5.74, 6) is -1.51. The van der Waals surface area contributed by atoms with Crippen LogP contribution in [0.15, 0.2) is 6.07 Å². The Hall–Kier alpha value is -2.09. The molecular formula is C18H24ClFN4O3. The molecule has 2 atom stereocenters. The fraction of sp³-hybridized carbons (Fsp3) is 0.611. The highest BCUT2D eigenvalue weighted by Gasteiger charge is 2.46. The number of fused-ring (bicyclic) bond motifs is 1. The topological polar surface area (TPSA) is 88.8 Å². The summed E-state index contributed by atoms with van der Waals surface area (Å²) in [6, 6.07) is 0.842. The van der Waals surface area contributed by atoms with Crippen LogP contribution in [0.1, 0.15) is 56.8 Å². The van der Waals surface area contributed by atoms with Crippen LogP contribution in [0.2, 0.25) is 5.15 Å². The molecule has 0 radical (unpaired) electrons. The molecule has 1 aromatic rings. The highest BCUT2D eigenvalue weighted by Crippen LogP contribution is 2.37. The third-order valence-corrected chi connectivity index (χ3v) is 5.16. The minimum absolute atomic E-state index is 0.0213. The van der Waals surface area contributed by atoms with Crippen molar-refractivity contribution in [3.63, 3.8) is 0 Å². The molecule has 1 saturated heterocycles. The van der Waals surface area contributed by atoms with Crippen molar-refractivity contribution in [3.8, 4) is 0 Å². The van der Waals surface area contributed by atoms with Crippen LogP contribution in [-0.4, -0.2) is 46.2 Å². The number of pyridine rings is 1. The molecule has 0 bridgehead atoms. The van der Waals surface area contributed by atoms with E-state index in [0.29, 0.717) is 0 Å². The minimum Gasteiger partial charge on any atom is -0.444 e. The lowest BCUT2D eigenvalue weighted by Gasteiger charge is -2.33. The number of amides is 2. The van der Waals surface area contributed by atoms with Gasteiger partial charge in [-0.25, -0.2) is 14.2 Å². The average Bonchev–Trinajstić information content (AvgIpc) is 2.94. The molecule has 2 N–H and O–H groups in total. The van der Waals surface area contributed by atoms with Gasteiger partial charge in [0.05, 0.1) is 24.3 Å². The lowest BCUT2D eigenvalue weighted by atomic mass is 9.90. The van der Waals surface area contributed by atoms with Crippen LogP contribution < -0.4 is 10.6 Å². The zero-order chi connectivity index (χ0) is 19.9. The summed E-state index contributed by atoms with van der Waals surface area (Å²) in [6.07, 6.45) is 3.16. The number of anilines is 1. The van der Waals surface area contributed by atoms with Gasteiger partial charge in [-0.05, 0) is 39.7 Å². The summed E-state index contributed by atoms with van der Waals surface area (Å²) in [5.41, 5.74) is 4.41. The van der Waals surface area contributed by atoms with Crippen molar-refractivity contribution in [1.82, 2.24) is 9.88 Å². The molecule has 148 valence electrons. The Bertz CT molecular complexity index is 768. The van der Waals surface area contributed by atoms with Crippen molar-refractivity contribution in [2.75, 3.05) is 11.6 Å². The molecule has 1 saturated carbocycles. The summed E-state index contributed by atoms with van der Waals surface area (Å²) >= 11 is 6.03. The van der Waals surface area contributed by atoms with Gasteiger partial charge in [-0.1, -0.05) is 24.4 Å². The Morgan fingerprint density at radius 2 is 1.93 bits per heavy atom. The first-order valence-corrected chi connectivity index (χ1v) is 9.38. The molecule has 2 amide bonds. The Labute approximate surface area is 162 Å². The van der Waals surface area contributed by atoms with Crippen LogP contribution >= 0.6 is 11.6 Å². The maximum Gasteiger partial charge on any atom is 0.412 e. The fourth-order valence-electron chi connectivity index (χ4n) is 3.76. The monoisotopic (exact) mass is 398 g/mol. The molecule has 27 heavy (non-hydrogen) atoms. The summed E-state index contributed by atoms with van der Waals surface area (Å²) in [6.45, 7) is 5.57. The second-order valence-electron chi connectivity index (χ2n) is 7.98. The van der Waals surface area contributed by atoms with E-state index >= 15 is 0 Å². The average molecular weight is 399 g/mol. The summed E-state index contributed by atoms with van der Waals surface area (Å²) in [5, 5.41) is -0.151. The molecule has 1 aliphatic carbocycles. The molecule has 2 unspecified atom stereocenters. The van der Waals surface area contributed by atoms with Gasteiger partial charge in [-0.3, -0.25) is 9.69 Å². The number of nitrogens with two attached hydrogens (primary N) is 1. The lowest BCUT2D eigenvalue weighted by Crippen LogP contribution is -2.44. The maximum atomic E-state index is 14.7. The van der Waals surface area contributed by atoms with E-state index in [1.807, 2.05) is 0 Å². The molecule has 0 aromatic carbocycles. The van der Waals surface area contributed by atoms with Gasteiger partial charge in [-0.15, -0.1) is 0 Å². The number of ether oxygens (including phenoxy) is 1. The van der Waals surface area contributed by atoms with Crippen molar-refractivity contribution >= 4 is 29.4 Å². The first kappa shape index (κ1) is 19.7. The van der Waals surface area contributed by atoms with Crippen LogP contribution in [0.5, 0.6) is 0 Å². The first-order valence-electron chi connectivity index (χ1n) is 9.00. The van der Waals surface area contributed by atoms with E-state index < -0.39 is 23.4 Å². The molecular weight excluding hydrogens is 375 g/mol. The van der Waals surface area contributed by atoms with Crippen molar-refractivity contribution in [2.45, 2.75) is 64.1 Å². The molecule has 9 heteroatoms. The van der Waals surface area contributed by atoms with Gasteiger partial charge in [0.1, 0.15) is 10.8 Å². The Balaban J connectivity index is 1.93. The Kier molecular flexibility index (Phi) is 5.20. The second kappa shape index (κ2) is 7.14. The zero-order valence-corrected chi connectivity index (χ0v) is 16.4. The van der Waals surface area contributed by atoms with E-state index in [-0.39, 0.29) is 35.3 Å². The van der Waals surface area contributed by atoms with Gasteiger partial charge in [-0.2, -0.15) is 0 Å². The van der Waals surface area contributed by atoms with Gasteiger partial charge >= 0.3 is 6.09 Å². The molecule has 2 fully saturated rings. The molecule has 2 heterocycles. The summed E-state index contributed by atoms with van der Waals surface area (Å²) in [7, 11) is 0. The summed E-state index contributed by atoms with van der Waals surface area (Å²) in [4.78, 5) is 31.5. The van der Waals surface area contributed by atoms with Gasteiger partial charge in [0, 0.05) is 0 Å². The predicted octanol–water partition coefficient (Wildman–Crippen LogP) is 3.30. The van der Waals surface area contributed by atoms with Crippen LogP contribution in [0.25, 0.3) is 0 Å². The fourth-order valence-corrected chi connectivity index (χ4v) is 3.99. The Morgan fingerprint density at radius 3 is 2.52 bits per heavy atom. The van der Waals surface area contributed by atoms with E-state index in [9.17, 15) is 14.0 Å². The molecule has 3 rings (SSSR count). The van der Waals surface area contributed by atoms with Crippen molar-refractivity contribution in [3.05, 3.63) is 22.6 Å². The minimum atomic E-state index is -0.842. The highest BCUT2D eigenvalue weighted by molar-refractivity contribution is 6.32. The van der Waals surface area contributed by atoms with Crippen LogP contribution in [-0.2, 0) is 4.74 Å². The van der Waals surface area contributed by atoms with Crippen molar-refractivity contribution < 1.29 is 18.7 Å². The number of rotatable bonds is 2. The van der Waals surface area contributed by atoms with Crippen LogP contribution in [0.3, 0.4) is 0 Å². The van der Waals surface area contributed by atoms with E-state index in [0.717, 1.165) is 31.7 Å². The van der Waals surface area contributed by atoms with Gasteiger partial charge in [0.15, 0.2) is 11.6 Å². The number of primary amides is 1. The third-order valence-electron chi connectivity index (χ3n) is 4.88. The van der Waals surface area contributed by atoms with Gasteiger partial charge in [0.2, 0.25) is 0 Å². The smallest absolute Gasteiger partial charge is 0.412 e. The Morgan fingerprint density at radius 1 is 1.30 bits per heavy atom. The predicted molar refractivity (Wildman–Crippen MR) is 99.2 cm³/mol. The summed E-state index contributed by atoms with van der Waals surface area (Å²) < 4.78 is 20.2. The van der Waals surface area contributed by atoms with Gasteiger partial charge < -0.3 is 15.4 Å². The standard InChI is InChI=1S/C18H24ClFN4O3/c1-18(2,3)27-17(26)24-9-23(12-6-4-5-7-13(12)24)16-11(20)8-10(15(21)25)14(19)22-16/h8,12-13H,4-7,9H2,1-3H3,(H2,21,25). The second-order valence-corrected chi connectivity index (χ2v) is 8.33. The molecule has 7 nitrogen and oxygen atoms in total. The normalized spacial score (nSPS) is 22.6. The van der Waals surface area contributed by atoms with E-state index in [2.05, 4.69) is 4.98 Å². The number of hydrogen-bond acceptors (Lipinski definition) is 5.